The van der Waals surface area contributed by atoms with Crippen LogP contribution in [0.4, 0.5) is 0 Å². The molecule has 0 aromatic heterocycles. The van der Waals surface area contributed by atoms with Gasteiger partial charge in [0.2, 0.25) is 5.91 Å². The van der Waals surface area contributed by atoms with Gasteiger partial charge in [-0.3, -0.25) is 14.5 Å². The number of halogens is 1. The van der Waals surface area contributed by atoms with E-state index in [0.29, 0.717) is 18.7 Å². The molecule has 2 aromatic carbocycles. The van der Waals surface area contributed by atoms with Crippen LogP contribution >= 0.6 is 15.9 Å². The number of nitrogens with one attached hydrogen (secondary N) is 1. The molecule has 2 aromatic rings. The molecule has 0 bridgehead atoms. The lowest BCUT2D eigenvalue weighted by atomic mass is 10.2. The maximum absolute atomic E-state index is 12.4. The largest absolute Gasteiger partial charge is 0.497 e. The molecule has 1 aliphatic rings. The van der Waals surface area contributed by atoms with Crippen LogP contribution in [-0.4, -0.2) is 61.4 Å². The van der Waals surface area contributed by atoms with Gasteiger partial charge in [0.1, 0.15) is 5.75 Å². The smallest absolute Gasteiger partial charge is 0.251 e. The Morgan fingerprint density at radius 3 is 2.43 bits per heavy atom. The number of ether oxygens (including phenoxy) is 1. The summed E-state index contributed by atoms with van der Waals surface area (Å²) < 4.78 is 6.02. The van der Waals surface area contributed by atoms with Crippen molar-refractivity contribution in [3.05, 3.63) is 64.1 Å². The number of carbonyl (C=O) groups is 2. The SMILES string of the molecule is COc1ccc(CN2CCN(C(=O)CNC(=O)c3cccc(Br)c3)CC2)cc1. The Hall–Kier alpha value is -2.38. The van der Waals surface area contributed by atoms with Gasteiger partial charge in [-0.25, -0.2) is 0 Å². The van der Waals surface area contributed by atoms with Crippen molar-refractivity contribution in [3.63, 3.8) is 0 Å². The molecule has 0 unspecified atom stereocenters. The van der Waals surface area contributed by atoms with Gasteiger partial charge in [0.05, 0.1) is 13.7 Å². The summed E-state index contributed by atoms with van der Waals surface area (Å²) in [4.78, 5) is 28.7. The Balaban J connectivity index is 1.42. The van der Waals surface area contributed by atoms with Gasteiger partial charge in [-0.2, -0.15) is 0 Å². The third kappa shape index (κ3) is 5.56. The van der Waals surface area contributed by atoms with Crippen LogP contribution in [0.1, 0.15) is 15.9 Å². The quantitative estimate of drug-likeness (QED) is 0.741. The fraction of sp³-hybridized carbons (Fsp3) is 0.333. The Morgan fingerprint density at radius 2 is 1.79 bits per heavy atom. The normalized spacial score (nSPS) is 14.6. The van der Waals surface area contributed by atoms with Crippen LogP contribution in [0, 0.1) is 0 Å². The third-order valence-corrected chi connectivity index (χ3v) is 5.27. The van der Waals surface area contributed by atoms with Gasteiger partial charge in [-0.15, -0.1) is 0 Å². The summed E-state index contributed by atoms with van der Waals surface area (Å²) in [6.45, 7) is 3.84. The van der Waals surface area contributed by atoms with E-state index in [1.54, 1.807) is 25.3 Å². The number of hydrogen-bond acceptors (Lipinski definition) is 4. The third-order valence-electron chi connectivity index (χ3n) is 4.78. The molecule has 28 heavy (non-hydrogen) atoms. The van der Waals surface area contributed by atoms with Crippen LogP contribution in [0.25, 0.3) is 0 Å². The number of rotatable bonds is 6. The second-order valence-electron chi connectivity index (χ2n) is 6.70. The van der Waals surface area contributed by atoms with E-state index in [9.17, 15) is 9.59 Å². The number of amides is 2. The molecular formula is C21H24BrN3O3. The highest BCUT2D eigenvalue weighted by Crippen LogP contribution is 2.14. The van der Waals surface area contributed by atoms with E-state index >= 15 is 0 Å². The topological polar surface area (TPSA) is 61.9 Å². The summed E-state index contributed by atoms with van der Waals surface area (Å²) in [7, 11) is 1.66. The molecule has 0 saturated carbocycles. The van der Waals surface area contributed by atoms with Crippen molar-refractivity contribution in [2.45, 2.75) is 6.54 Å². The summed E-state index contributed by atoms with van der Waals surface area (Å²) in [5.41, 5.74) is 1.76. The van der Waals surface area contributed by atoms with Crippen molar-refractivity contribution < 1.29 is 14.3 Å². The van der Waals surface area contributed by atoms with Crippen molar-refractivity contribution in [1.82, 2.24) is 15.1 Å². The Bertz CT molecular complexity index is 818. The molecule has 1 N–H and O–H groups in total. The van der Waals surface area contributed by atoms with Crippen LogP contribution in [0.2, 0.25) is 0 Å². The second-order valence-corrected chi connectivity index (χ2v) is 7.61. The minimum atomic E-state index is -0.243. The highest BCUT2D eigenvalue weighted by molar-refractivity contribution is 9.10. The monoisotopic (exact) mass is 445 g/mol. The average Bonchev–Trinajstić information content (AvgIpc) is 2.73. The van der Waals surface area contributed by atoms with Crippen LogP contribution in [0.5, 0.6) is 5.75 Å². The van der Waals surface area contributed by atoms with E-state index in [2.05, 4.69) is 38.3 Å². The molecule has 148 valence electrons. The number of carbonyl (C=O) groups excluding carboxylic acids is 2. The lowest BCUT2D eigenvalue weighted by molar-refractivity contribution is -0.131. The van der Waals surface area contributed by atoms with Gasteiger partial charge < -0.3 is 15.0 Å². The first-order valence-electron chi connectivity index (χ1n) is 9.22. The van der Waals surface area contributed by atoms with Gasteiger partial charge in [0.15, 0.2) is 0 Å². The first-order chi connectivity index (χ1) is 13.5. The molecule has 0 aliphatic carbocycles. The van der Waals surface area contributed by atoms with Crippen LogP contribution in [0.3, 0.4) is 0 Å². The summed E-state index contributed by atoms with van der Waals surface area (Å²) in [6.07, 6.45) is 0. The van der Waals surface area contributed by atoms with Crippen molar-refractivity contribution in [2.75, 3.05) is 39.8 Å². The lowest BCUT2D eigenvalue weighted by Gasteiger charge is -2.34. The summed E-state index contributed by atoms with van der Waals surface area (Å²) >= 11 is 3.34. The first-order valence-corrected chi connectivity index (χ1v) is 10.0. The van der Waals surface area contributed by atoms with Crippen molar-refractivity contribution in [2.24, 2.45) is 0 Å². The summed E-state index contributed by atoms with van der Waals surface area (Å²) in [5, 5.41) is 2.71. The molecule has 0 atom stereocenters. The highest BCUT2D eigenvalue weighted by atomic mass is 79.9. The number of hydrogen-bond donors (Lipinski definition) is 1. The maximum atomic E-state index is 12.4. The molecule has 2 amide bonds. The van der Waals surface area contributed by atoms with Crippen LogP contribution in [-0.2, 0) is 11.3 Å². The second kappa shape index (κ2) is 9.71. The molecule has 1 fully saturated rings. The van der Waals surface area contributed by atoms with Crippen molar-refractivity contribution >= 4 is 27.7 Å². The number of benzene rings is 2. The molecule has 1 saturated heterocycles. The first kappa shape index (κ1) is 20.4. The van der Waals surface area contributed by atoms with Gasteiger partial charge in [0, 0.05) is 42.8 Å². The predicted molar refractivity (Wildman–Crippen MR) is 111 cm³/mol. The minimum Gasteiger partial charge on any atom is -0.497 e. The summed E-state index contributed by atoms with van der Waals surface area (Å²) in [6, 6.07) is 15.2. The van der Waals surface area contributed by atoms with E-state index in [0.717, 1.165) is 29.9 Å². The summed E-state index contributed by atoms with van der Waals surface area (Å²) in [5.74, 6) is 0.560. The van der Waals surface area contributed by atoms with Crippen LogP contribution in [0.15, 0.2) is 53.0 Å². The molecule has 6 nitrogen and oxygen atoms in total. The van der Waals surface area contributed by atoms with Crippen molar-refractivity contribution in [3.8, 4) is 5.75 Å². The molecule has 3 rings (SSSR count). The number of nitrogens with zero attached hydrogens (tertiary/aromatic N) is 2. The van der Waals surface area contributed by atoms with E-state index in [1.807, 2.05) is 23.1 Å². The number of piperazine rings is 1. The van der Waals surface area contributed by atoms with Gasteiger partial charge in [-0.1, -0.05) is 34.1 Å². The molecule has 1 heterocycles. The Labute approximate surface area is 173 Å². The molecule has 0 spiro atoms. The predicted octanol–water partition coefficient (Wildman–Crippen LogP) is 2.53. The zero-order valence-corrected chi connectivity index (χ0v) is 17.4. The fourth-order valence-electron chi connectivity index (χ4n) is 3.14. The van der Waals surface area contributed by atoms with Crippen molar-refractivity contribution in [1.29, 1.82) is 0 Å². The lowest BCUT2D eigenvalue weighted by Crippen LogP contribution is -2.50. The zero-order chi connectivity index (χ0) is 19.9. The average molecular weight is 446 g/mol. The van der Waals surface area contributed by atoms with Gasteiger partial charge in [-0.05, 0) is 35.9 Å². The maximum Gasteiger partial charge on any atom is 0.251 e. The minimum absolute atomic E-state index is 0.0177. The molecular weight excluding hydrogens is 422 g/mol. The molecule has 7 heteroatoms. The highest BCUT2D eigenvalue weighted by Gasteiger charge is 2.21. The Kier molecular flexibility index (Phi) is 7.06. The standard InChI is InChI=1S/C21H24BrN3O3/c1-28-19-7-5-16(6-8-19)15-24-9-11-25(12-10-24)20(26)14-23-21(27)17-3-2-4-18(22)13-17/h2-8,13H,9-12,14-15H2,1H3,(H,23,27). The van der Waals surface area contributed by atoms with Crippen LogP contribution < -0.4 is 10.1 Å². The van der Waals surface area contributed by atoms with E-state index in [-0.39, 0.29) is 18.4 Å². The molecule has 0 radical (unpaired) electrons. The number of methoxy groups -OCH3 is 1. The van der Waals surface area contributed by atoms with E-state index in [1.165, 1.54) is 5.56 Å². The fourth-order valence-corrected chi connectivity index (χ4v) is 3.54. The van der Waals surface area contributed by atoms with Gasteiger partial charge >= 0.3 is 0 Å². The van der Waals surface area contributed by atoms with E-state index < -0.39 is 0 Å². The zero-order valence-electron chi connectivity index (χ0n) is 15.9. The van der Waals surface area contributed by atoms with E-state index in [4.69, 9.17) is 4.74 Å². The Morgan fingerprint density at radius 1 is 1.07 bits per heavy atom. The van der Waals surface area contributed by atoms with Gasteiger partial charge in [0.25, 0.3) is 5.91 Å². The molecule has 1 aliphatic heterocycles.